The molecule has 1 amide bonds. The largest absolute Gasteiger partial charge is 0.492 e. The summed E-state index contributed by atoms with van der Waals surface area (Å²) >= 11 is 12.0. The molecular weight excluding hydrogens is 501 g/mol. The highest BCUT2D eigenvalue weighted by Gasteiger charge is 2.32. The molecule has 0 bridgehead atoms. The Kier molecular flexibility index (Phi) is 8.07. The third kappa shape index (κ3) is 6.71. The maximum atomic E-state index is 13.2. The third-order valence-electron chi connectivity index (χ3n) is 6.11. The highest BCUT2D eigenvalue weighted by molar-refractivity contribution is 6.30. The molecule has 1 heterocycles. The number of fused-ring (bicyclic) bond motifs is 1. The van der Waals surface area contributed by atoms with Gasteiger partial charge in [-0.1, -0.05) is 35.3 Å². The minimum atomic E-state index is -1.09. The zero-order valence-corrected chi connectivity index (χ0v) is 21.4. The summed E-state index contributed by atoms with van der Waals surface area (Å²) in [5.41, 5.74) is 2.06. The van der Waals surface area contributed by atoms with Crippen LogP contribution in [0.4, 0.5) is 0 Å². The van der Waals surface area contributed by atoms with Crippen LogP contribution in [0.3, 0.4) is 0 Å². The molecule has 0 radical (unpaired) electrons. The van der Waals surface area contributed by atoms with E-state index in [-0.39, 0.29) is 19.1 Å². The van der Waals surface area contributed by atoms with Gasteiger partial charge in [0, 0.05) is 22.0 Å². The second kappa shape index (κ2) is 11.2. The van der Waals surface area contributed by atoms with Crippen molar-refractivity contribution in [1.82, 2.24) is 4.90 Å². The summed E-state index contributed by atoms with van der Waals surface area (Å²) in [5.74, 6) is -0.132. The summed E-state index contributed by atoms with van der Waals surface area (Å²) in [5, 5.41) is 10.6. The molecule has 1 aliphatic rings. The van der Waals surface area contributed by atoms with E-state index in [1.54, 1.807) is 42.5 Å². The number of carbonyl (C=O) groups is 2. The van der Waals surface area contributed by atoms with Crippen LogP contribution in [-0.2, 0) is 17.6 Å². The van der Waals surface area contributed by atoms with Crippen molar-refractivity contribution in [3.05, 3.63) is 93.5 Å². The van der Waals surface area contributed by atoms with E-state index in [1.807, 2.05) is 24.3 Å². The Hall–Kier alpha value is -3.22. The second-order valence-corrected chi connectivity index (χ2v) is 9.98. The molecule has 4 rings (SSSR count). The van der Waals surface area contributed by atoms with Gasteiger partial charge in [-0.05, 0) is 85.5 Å². The predicted molar refractivity (Wildman–Crippen MR) is 139 cm³/mol. The second-order valence-electron chi connectivity index (χ2n) is 9.10. The lowest BCUT2D eigenvalue weighted by molar-refractivity contribution is -0.137. The number of benzene rings is 3. The smallest absolute Gasteiger partial charge is 0.323 e. The van der Waals surface area contributed by atoms with E-state index >= 15 is 0 Å². The lowest BCUT2D eigenvalue weighted by Gasteiger charge is -2.36. The van der Waals surface area contributed by atoms with Gasteiger partial charge in [-0.15, -0.1) is 0 Å². The van der Waals surface area contributed by atoms with Crippen molar-refractivity contribution in [2.45, 2.75) is 31.8 Å². The van der Waals surface area contributed by atoms with E-state index in [9.17, 15) is 14.7 Å². The number of hydrogen-bond acceptors (Lipinski definition) is 4. The lowest BCUT2D eigenvalue weighted by Crippen LogP contribution is -2.39. The maximum Gasteiger partial charge on any atom is 0.323 e. The van der Waals surface area contributed by atoms with Gasteiger partial charge in [0.05, 0.1) is 6.54 Å². The molecule has 0 unspecified atom stereocenters. The summed E-state index contributed by atoms with van der Waals surface area (Å²) in [7, 11) is 0. The van der Waals surface area contributed by atoms with Crippen LogP contribution in [0.15, 0.2) is 66.7 Å². The maximum absolute atomic E-state index is 13.2. The Bertz CT molecular complexity index is 1250. The summed E-state index contributed by atoms with van der Waals surface area (Å²) in [6, 6.07) is 19.9. The molecule has 1 atom stereocenters. The molecule has 0 saturated heterocycles. The average Bonchev–Trinajstić information content (AvgIpc) is 2.83. The van der Waals surface area contributed by atoms with Crippen LogP contribution in [0, 0.1) is 0 Å². The number of nitrogens with zero attached hydrogens (tertiary/aromatic N) is 1. The van der Waals surface area contributed by atoms with Crippen LogP contribution < -0.4 is 9.47 Å². The van der Waals surface area contributed by atoms with Crippen LogP contribution >= 0.6 is 23.2 Å². The van der Waals surface area contributed by atoms with Gasteiger partial charge in [-0.25, -0.2) is 0 Å². The summed E-state index contributed by atoms with van der Waals surface area (Å²) in [6.45, 7) is 1.93. The van der Waals surface area contributed by atoms with Gasteiger partial charge in [0.2, 0.25) is 0 Å². The van der Waals surface area contributed by atoms with E-state index < -0.39 is 18.1 Å². The average molecular weight is 528 g/mol. The molecule has 0 aliphatic carbocycles. The number of halogens is 2. The van der Waals surface area contributed by atoms with Crippen molar-refractivity contribution >= 4 is 35.1 Å². The fourth-order valence-corrected chi connectivity index (χ4v) is 4.67. The first-order chi connectivity index (χ1) is 17.2. The number of carboxylic acid groups (broad SMARTS) is 1. The molecule has 1 N–H and O–H groups in total. The summed E-state index contributed by atoms with van der Waals surface area (Å²) < 4.78 is 12.0. The van der Waals surface area contributed by atoms with Crippen LogP contribution in [0.25, 0.3) is 0 Å². The van der Waals surface area contributed by atoms with Crippen LogP contribution in [0.1, 0.15) is 34.8 Å². The topological polar surface area (TPSA) is 76.1 Å². The first-order valence-corrected chi connectivity index (χ1v) is 12.4. The summed E-state index contributed by atoms with van der Waals surface area (Å²) in [6.07, 6.45) is 2.23. The van der Waals surface area contributed by atoms with Crippen molar-refractivity contribution in [2.75, 3.05) is 19.7 Å². The predicted octanol–water partition coefficient (Wildman–Crippen LogP) is 5.93. The molecule has 0 fully saturated rings. The number of aryl methyl sites for hydroxylation is 1. The molecule has 36 heavy (non-hydrogen) atoms. The van der Waals surface area contributed by atoms with Gasteiger partial charge in [0.25, 0.3) is 5.91 Å². The van der Waals surface area contributed by atoms with Crippen molar-refractivity contribution in [3.8, 4) is 11.5 Å². The van der Waals surface area contributed by atoms with Gasteiger partial charge in [-0.2, -0.15) is 0 Å². The zero-order chi connectivity index (χ0) is 25.7. The zero-order valence-electron chi connectivity index (χ0n) is 19.9. The quantitative estimate of drug-likeness (QED) is 0.373. The standard InChI is InChI=1S/C28H27Cl2NO5/c1-28(17-19-3-2-4-23(30)15-19)12-11-20-16-21(5-10-25(20)36-28)27(34)31(18-26(32)33)13-14-35-24-8-6-22(29)7-9-24/h2-10,15-16H,11-14,17-18H2,1H3,(H,32,33)/t28-/m1/s1. The number of ether oxygens (including phenoxy) is 2. The molecule has 3 aromatic carbocycles. The first-order valence-electron chi connectivity index (χ1n) is 11.7. The number of rotatable bonds is 9. The summed E-state index contributed by atoms with van der Waals surface area (Å²) in [4.78, 5) is 25.9. The Morgan fingerprint density at radius 1 is 1.06 bits per heavy atom. The van der Waals surface area contributed by atoms with E-state index in [1.165, 1.54) is 4.90 Å². The van der Waals surface area contributed by atoms with Crippen molar-refractivity contribution < 1.29 is 24.2 Å². The molecule has 0 saturated carbocycles. The van der Waals surface area contributed by atoms with Crippen molar-refractivity contribution in [1.29, 1.82) is 0 Å². The molecule has 6 nitrogen and oxygen atoms in total. The van der Waals surface area contributed by atoms with Crippen LogP contribution in [0.2, 0.25) is 10.0 Å². The van der Waals surface area contributed by atoms with Gasteiger partial charge >= 0.3 is 5.97 Å². The van der Waals surface area contributed by atoms with Crippen LogP contribution in [0.5, 0.6) is 11.5 Å². The highest BCUT2D eigenvalue weighted by atomic mass is 35.5. The molecular formula is C28H27Cl2NO5. The minimum Gasteiger partial charge on any atom is -0.492 e. The SMILES string of the molecule is C[C@]1(Cc2cccc(Cl)c2)CCc2cc(C(=O)N(CCOc3ccc(Cl)cc3)CC(=O)O)ccc2O1. The first kappa shape index (κ1) is 25.9. The molecule has 8 heteroatoms. The minimum absolute atomic E-state index is 0.124. The van der Waals surface area contributed by atoms with E-state index in [4.69, 9.17) is 32.7 Å². The van der Waals surface area contributed by atoms with Gasteiger partial charge < -0.3 is 19.5 Å². The van der Waals surface area contributed by atoms with Gasteiger partial charge in [-0.3, -0.25) is 9.59 Å². The Morgan fingerprint density at radius 3 is 2.56 bits per heavy atom. The fourth-order valence-electron chi connectivity index (χ4n) is 4.33. The number of carbonyl (C=O) groups excluding carboxylic acids is 1. The fraction of sp³-hybridized carbons (Fsp3) is 0.286. The van der Waals surface area contributed by atoms with Crippen molar-refractivity contribution in [3.63, 3.8) is 0 Å². The monoisotopic (exact) mass is 527 g/mol. The molecule has 188 valence electrons. The molecule has 1 aliphatic heterocycles. The molecule has 0 spiro atoms. The normalized spacial score (nSPS) is 16.5. The number of aliphatic carboxylic acids is 1. The van der Waals surface area contributed by atoms with E-state index in [2.05, 4.69) is 6.92 Å². The van der Waals surface area contributed by atoms with E-state index in [0.717, 1.165) is 29.7 Å². The number of hydrogen-bond donors (Lipinski definition) is 1. The number of carboxylic acids is 1. The Labute approximate surface area is 220 Å². The number of amides is 1. The Morgan fingerprint density at radius 2 is 1.83 bits per heavy atom. The third-order valence-corrected chi connectivity index (χ3v) is 6.60. The van der Waals surface area contributed by atoms with Crippen molar-refractivity contribution in [2.24, 2.45) is 0 Å². The molecule has 0 aromatic heterocycles. The highest BCUT2D eigenvalue weighted by Crippen LogP contribution is 2.36. The molecule has 3 aromatic rings. The van der Waals surface area contributed by atoms with E-state index in [0.29, 0.717) is 27.8 Å². The van der Waals surface area contributed by atoms with Gasteiger partial charge in [0.1, 0.15) is 30.3 Å². The lowest BCUT2D eigenvalue weighted by atomic mass is 9.87. The van der Waals surface area contributed by atoms with Crippen LogP contribution in [-0.4, -0.2) is 47.2 Å². The van der Waals surface area contributed by atoms with Gasteiger partial charge in [0.15, 0.2) is 0 Å². The Balaban J connectivity index is 1.43.